The largest absolute Gasteiger partial charge is 0.339 e. The second-order valence-electron chi connectivity index (χ2n) is 13.1. The van der Waals surface area contributed by atoms with Crippen LogP contribution in [0.1, 0.15) is 120 Å². The molecule has 0 saturated heterocycles. The number of aromatic nitrogens is 4. The molecule has 8 nitrogen and oxygen atoms in total. The Morgan fingerprint density at radius 3 is 2.42 bits per heavy atom. The van der Waals surface area contributed by atoms with Crippen LogP contribution in [0.25, 0.3) is 11.5 Å². The fourth-order valence-electron chi connectivity index (χ4n) is 7.51. The van der Waals surface area contributed by atoms with Gasteiger partial charge in [-0.3, -0.25) is 4.79 Å². The van der Waals surface area contributed by atoms with Crippen LogP contribution in [0.4, 0.5) is 5.69 Å². The molecule has 0 radical (unpaired) electrons. The standard InChI is InChI=1S/C32H41N5O3/c1-2-26-33-29(39-35-26)24-9-6-10-25(20-24)37(27(38)19-22-7-4-3-5-8-22)21-31-13-16-32(17-14-31,18-15-31)30-34-28(36-40-30)23-11-12-23/h6,9-10,20,22-23H,2-5,7-8,11-19,21H2,1H3. The van der Waals surface area contributed by atoms with Crippen molar-refractivity contribution in [3.63, 3.8) is 0 Å². The monoisotopic (exact) mass is 543 g/mol. The van der Waals surface area contributed by atoms with Crippen LogP contribution in [-0.4, -0.2) is 32.7 Å². The maximum Gasteiger partial charge on any atom is 0.257 e. The van der Waals surface area contributed by atoms with E-state index in [0.717, 1.165) is 74.5 Å². The van der Waals surface area contributed by atoms with Gasteiger partial charge in [0.25, 0.3) is 5.89 Å². The van der Waals surface area contributed by atoms with Gasteiger partial charge in [-0.05, 0) is 93.7 Å². The number of fused-ring (bicyclic) bond motifs is 3. The lowest BCUT2D eigenvalue weighted by atomic mass is 9.53. The van der Waals surface area contributed by atoms with E-state index in [1.165, 1.54) is 44.9 Å². The number of aryl methyl sites for hydroxylation is 1. The molecule has 5 saturated carbocycles. The smallest absolute Gasteiger partial charge is 0.257 e. The molecule has 8 rings (SSSR count). The van der Waals surface area contributed by atoms with Gasteiger partial charge in [0.15, 0.2) is 11.6 Å². The van der Waals surface area contributed by atoms with E-state index in [4.69, 9.17) is 14.0 Å². The van der Waals surface area contributed by atoms with Gasteiger partial charge in [-0.25, -0.2) is 0 Å². The number of nitrogens with zero attached hydrogens (tertiary/aromatic N) is 5. The first kappa shape index (κ1) is 25.9. The molecule has 2 heterocycles. The number of hydrogen-bond donors (Lipinski definition) is 0. The molecule has 5 aliphatic carbocycles. The van der Waals surface area contributed by atoms with E-state index < -0.39 is 0 Å². The summed E-state index contributed by atoms with van der Waals surface area (Å²) >= 11 is 0. The normalized spacial score (nSPS) is 26.7. The molecule has 0 spiro atoms. The average molecular weight is 544 g/mol. The summed E-state index contributed by atoms with van der Waals surface area (Å²) in [6.45, 7) is 2.78. The van der Waals surface area contributed by atoms with Gasteiger partial charge in [0.1, 0.15) is 0 Å². The van der Waals surface area contributed by atoms with Gasteiger partial charge >= 0.3 is 0 Å². The zero-order valence-electron chi connectivity index (χ0n) is 23.7. The van der Waals surface area contributed by atoms with Crippen LogP contribution in [0.5, 0.6) is 0 Å². The van der Waals surface area contributed by atoms with E-state index >= 15 is 0 Å². The summed E-state index contributed by atoms with van der Waals surface area (Å²) in [6, 6.07) is 8.15. The maximum atomic E-state index is 14.1. The second kappa shape index (κ2) is 10.4. The van der Waals surface area contributed by atoms with Crippen molar-refractivity contribution < 1.29 is 13.8 Å². The molecule has 8 heteroatoms. The first-order valence-electron chi connectivity index (χ1n) is 15.6. The molecule has 40 heavy (non-hydrogen) atoms. The lowest BCUT2D eigenvalue weighted by Gasteiger charge is -2.53. The topological polar surface area (TPSA) is 98.1 Å². The van der Waals surface area contributed by atoms with E-state index in [0.29, 0.717) is 30.0 Å². The van der Waals surface area contributed by atoms with E-state index in [1.807, 2.05) is 19.1 Å². The van der Waals surface area contributed by atoms with E-state index in [9.17, 15) is 4.79 Å². The molecule has 212 valence electrons. The van der Waals surface area contributed by atoms with Crippen LogP contribution < -0.4 is 4.90 Å². The summed E-state index contributed by atoms with van der Waals surface area (Å²) in [5.74, 6) is 4.26. The lowest BCUT2D eigenvalue weighted by molar-refractivity contribution is -0.120. The number of carbonyl (C=O) groups excluding carboxylic acids is 1. The molecule has 1 aromatic carbocycles. The Hall–Kier alpha value is -3.03. The molecular weight excluding hydrogens is 502 g/mol. The van der Waals surface area contributed by atoms with Crippen LogP contribution in [0.15, 0.2) is 33.3 Å². The predicted molar refractivity (Wildman–Crippen MR) is 151 cm³/mol. The third-order valence-electron chi connectivity index (χ3n) is 10.4. The van der Waals surface area contributed by atoms with Crippen molar-refractivity contribution in [2.24, 2.45) is 11.3 Å². The predicted octanol–water partition coefficient (Wildman–Crippen LogP) is 7.16. The van der Waals surface area contributed by atoms with Crippen molar-refractivity contribution in [2.75, 3.05) is 11.4 Å². The molecular formula is C32H41N5O3. The zero-order valence-corrected chi connectivity index (χ0v) is 23.7. The first-order valence-corrected chi connectivity index (χ1v) is 15.6. The van der Waals surface area contributed by atoms with Gasteiger partial charge < -0.3 is 13.9 Å². The van der Waals surface area contributed by atoms with Crippen LogP contribution in [0, 0.1) is 11.3 Å². The molecule has 0 atom stereocenters. The summed E-state index contributed by atoms with van der Waals surface area (Å²) in [6.07, 6.45) is 16.3. The number of carbonyl (C=O) groups is 1. The summed E-state index contributed by atoms with van der Waals surface area (Å²) in [5.41, 5.74) is 1.96. The highest BCUT2D eigenvalue weighted by molar-refractivity contribution is 5.94. The Balaban J connectivity index is 1.13. The molecule has 3 aromatic rings. The summed E-state index contributed by atoms with van der Waals surface area (Å²) in [7, 11) is 0. The van der Waals surface area contributed by atoms with Gasteiger partial charge in [-0.15, -0.1) is 0 Å². The van der Waals surface area contributed by atoms with Crippen molar-refractivity contribution in [3.05, 3.63) is 41.8 Å². The molecule has 2 aromatic heterocycles. The minimum atomic E-state index is 0.0215. The van der Waals surface area contributed by atoms with Crippen molar-refractivity contribution in [3.8, 4) is 11.5 Å². The zero-order chi connectivity index (χ0) is 27.2. The minimum Gasteiger partial charge on any atom is -0.339 e. The quantitative estimate of drug-likeness (QED) is 0.282. The van der Waals surface area contributed by atoms with Crippen molar-refractivity contribution in [2.45, 2.75) is 115 Å². The summed E-state index contributed by atoms with van der Waals surface area (Å²) < 4.78 is 11.4. The molecule has 5 fully saturated rings. The highest BCUT2D eigenvalue weighted by Gasteiger charge is 2.53. The van der Waals surface area contributed by atoms with Crippen molar-refractivity contribution in [1.82, 2.24) is 20.3 Å². The third kappa shape index (κ3) is 4.99. The second-order valence-corrected chi connectivity index (χ2v) is 13.1. The van der Waals surface area contributed by atoms with Gasteiger partial charge in [-0.1, -0.05) is 42.6 Å². The fourth-order valence-corrected chi connectivity index (χ4v) is 7.51. The summed E-state index contributed by atoms with van der Waals surface area (Å²) in [5, 5.41) is 8.41. The van der Waals surface area contributed by atoms with E-state index in [2.05, 4.69) is 32.3 Å². The third-order valence-corrected chi connectivity index (χ3v) is 10.4. The Kier molecular flexibility index (Phi) is 6.75. The molecule has 2 bridgehead atoms. The van der Waals surface area contributed by atoms with Gasteiger partial charge in [0, 0.05) is 42.0 Å². The molecule has 5 aliphatic rings. The Morgan fingerprint density at radius 1 is 0.950 bits per heavy atom. The average Bonchev–Trinajstić information content (AvgIpc) is 3.51. The van der Waals surface area contributed by atoms with Crippen LogP contribution in [-0.2, 0) is 16.6 Å². The summed E-state index contributed by atoms with van der Waals surface area (Å²) in [4.78, 5) is 25.6. The molecule has 0 aliphatic heterocycles. The van der Waals surface area contributed by atoms with Crippen LogP contribution in [0.3, 0.4) is 0 Å². The highest BCUT2D eigenvalue weighted by Crippen LogP contribution is 2.58. The Bertz CT molecular complexity index is 1330. The van der Waals surface area contributed by atoms with Gasteiger partial charge in [-0.2, -0.15) is 9.97 Å². The lowest BCUT2D eigenvalue weighted by Crippen LogP contribution is -2.51. The Morgan fingerprint density at radius 2 is 1.73 bits per heavy atom. The molecule has 0 unspecified atom stereocenters. The first-order chi connectivity index (χ1) is 19.5. The van der Waals surface area contributed by atoms with Crippen LogP contribution >= 0.6 is 0 Å². The minimum absolute atomic E-state index is 0.0215. The number of benzene rings is 1. The molecule has 0 N–H and O–H groups in total. The SMILES string of the molecule is CCc1noc(-c2cccc(N(CC34CCC(c5nc(C6CC6)no5)(CC3)CC4)C(=O)CC3CCCCC3)c2)n1. The van der Waals surface area contributed by atoms with Crippen molar-refractivity contribution in [1.29, 1.82) is 0 Å². The highest BCUT2D eigenvalue weighted by atomic mass is 16.5. The fraction of sp³-hybridized carbons (Fsp3) is 0.656. The van der Waals surface area contributed by atoms with Gasteiger partial charge in [0.05, 0.1) is 0 Å². The Labute approximate surface area is 236 Å². The number of amides is 1. The number of hydrogen-bond acceptors (Lipinski definition) is 7. The van der Waals surface area contributed by atoms with Crippen LogP contribution in [0.2, 0.25) is 0 Å². The van der Waals surface area contributed by atoms with E-state index in [-0.39, 0.29) is 16.7 Å². The van der Waals surface area contributed by atoms with E-state index in [1.54, 1.807) is 0 Å². The maximum absolute atomic E-state index is 14.1. The van der Waals surface area contributed by atoms with Crippen molar-refractivity contribution >= 4 is 11.6 Å². The van der Waals surface area contributed by atoms with Gasteiger partial charge in [0.2, 0.25) is 11.8 Å². The number of anilines is 1. The molecule has 1 amide bonds. The number of rotatable bonds is 9.